The van der Waals surface area contributed by atoms with Gasteiger partial charge in [-0.15, -0.1) is 0 Å². The van der Waals surface area contributed by atoms with Gasteiger partial charge in [0.1, 0.15) is 11.6 Å². The molecule has 6 heteroatoms. The Morgan fingerprint density at radius 3 is 2.65 bits per heavy atom. The number of para-hydroxylation sites is 2. The van der Waals surface area contributed by atoms with Crippen LogP contribution in [0.5, 0.6) is 0 Å². The van der Waals surface area contributed by atoms with E-state index in [1.807, 2.05) is 35.9 Å². The highest BCUT2D eigenvalue weighted by Gasteiger charge is 2.22. The fourth-order valence-electron chi connectivity index (χ4n) is 2.35. The van der Waals surface area contributed by atoms with Gasteiger partial charge in [-0.05, 0) is 31.2 Å². The van der Waals surface area contributed by atoms with Gasteiger partial charge in [0.25, 0.3) is 0 Å². The van der Waals surface area contributed by atoms with Crippen molar-refractivity contribution < 1.29 is 13.6 Å². The van der Waals surface area contributed by atoms with Crippen molar-refractivity contribution in [1.82, 2.24) is 9.55 Å². The second-order valence-corrected chi connectivity index (χ2v) is 6.50. The van der Waals surface area contributed by atoms with Gasteiger partial charge in [0, 0.05) is 13.1 Å². The SMILES string of the molecule is CC(Sc1nc2ccccc2n1C)C(=O)c1ccc(F)cc1F. The van der Waals surface area contributed by atoms with Crippen molar-refractivity contribution in [2.24, 2.45) is 7.05 Å². The van der Waals surface area contributed by atoms with Gasteiger partial charge in [0.05, 0.1) is 21.8 Å². The number of carbonyl (C=O) groups is 1. The third-order valence-corrected chi connectivity index (χ3v) is 4.74. The number of hydrogen-bond donors (Lipinski definition) is 0. The summed E-state index contributed by atoms with van der Waals surface area (Å²) in [4.78, 5) is 16.9. The molecule has 0 aliphatic rings. The molecule has 0 fully saturated rings. The van der Waals surface area contributed by atoms with E-state index in [4.69, 9.17) is 0 Å². The van der Waals surface area contributed by atoms with Crippen molar-refractivity contribution in [3.8, 4) is 0 Å². The van der Waals surface area contributed by atoms with Gasteiger partial charge in [-0.25, -0.2) is 13.8 Å². The number of halogens is 2. The minimum absolute atomic E-state index is 0.106. The van der Waals surface area contributed by atoms with Crippen LogP contribution in [0.4, 0.5) is 8.78 Å². The number of hydrogen-bond acceptors (Lipinski definition) is 3. The first-order valence-corrected chi connectivity index (χ1v) is 7.92. The Morgan fingerprint density at radius 2 is 1.96 bits per heavy atom. The van der Waals surface area contributed by atoms with E-state index in [0.29, 0.717) is 5.16 Å². The number of aromatic nitrogens is 2. The Labute approximate surface area is 136 Å². The van der Waals surface area contributed by atoms with Crippen molar-refractivity contribution >= 4 is 28.6 Å². The van der Waals surface area contributed by atoms with Gasteiger partial charge in [-0.2, -0.15) is 0 Å². The van der Waals surface area contributed by atoms with E-state index in [9.17, 15) is 13.6 Å². The fourth-order valence-corrected chi connectivity index (χ4v) is 3.31. The lowest BCUT2D eigenvalue weighted by molar-refractivity contribution is 0.0990. The van der Waals surface area contributed by atoms with Gasteiger partial charge in [0.15, 0.2) is 10.9 Å². The number of carbonyl (C=O) groups excluding carboxylic acids is 1. The maximum atomic E-state index is 13.8. The largest absolute Gasteiger partial charge is 0.322 e. The quantitative estimate of drug-likeness (QED) is 0.530. The highest BCUT2D eigenvalue weighted by Crippen LogP contribution is 2.28. The first-order chi connectivity index (χ1) is 11.0. The molecule has 23 heavy (non-hydrogen) atoms. The summed E-state index contributed by atoms with van der Waals surface area (Å²) in [7, 11) is 1.87. The zero-order valence-electron chi connectivity index (χ0n) is 12.6. The van der Waals surface area contributed by atoms with Crippen LogP contribution < -0.4 is 0 Å². The zero-order valence-corrected chi connectivity index (χ0v) is 13.4. The van der Waals surface area contributed by atoms with Crippen molar-refractivity contribution in [2.75, 3.05) is 0 Å². The lowest BCUT2D eigenvalue weighted by Crippen LogP contribution is -2.16. The summed E-state index contributed by atoms with van der Waals surface area (Å²) in [6.45, 7) is 1.69. The number of thioether (sulfide) groups is 1. The molecule has 0 radical (unpaired) electrons. The molecule has 1 unspecified atom stereocenters. The van der Waals surface area contributed by atoms with Crippen LogP contribution in [0, 0.1) is 11.6 Å². The van der Waals surface area contributed by atoms with Gasteiger partial charge < -0.3 is 4.57 Å². The van der Waals surface area contributed by atoms with Crippen LogP contribution in [-0.4, -0.2) is 20.6 Å². The summed E-state index contributed by atoms with van der Waals surface area (Å²) in [5.74, 6) is -1.93. The molecule has 3 aromatic rings. The summed E-state index contributed by atoms with van der Waals surface area (Å²) >= 11 is 1.25. The molecule has 3 nitrogen and oxygen atoms in total. The lowest BCUT2D eigenvalue weighted by Gasteiger charge is -2.10. The van der Waals surface area contributed by atoms with Crippen LogP contribution in [0.3, 0.4) is 0 Å². The predicted octanol–water partition coefficient (Wildman–Crippen LogP) is 4.22. The van der Waals surface area contributed by atoms with Crippen LogP contribution in [0.1, 0.15) is 17.3 Å². The van der Waals surface area contributed by atoms with Crippen LogP contribution in [0.25, 0.3) is 11.0 Å². The minimum atomic E-state index is -0.840. The van der Waals surface area contributed by atoms with Gasteiger partial charge in [-0.1, -0.05) is 23.9 Å². The molecule has 0 aliphatic carbocycles. The fraction of sp³-hybridized carbons (Fsp3) is 0.176. The number of aryl methyl sites for hydroxylation is 1. The van der Waals surface area contributed by atoms with E-state index in [-0.39, 0.29) is 11.3 Å². The zero-order chi connectivity index (χ0) is 16.6. The highest BCUT2D eigenvalue weighted by molar-refractivity contribution is 8.00. The molecule has 0 spiro atoms. The molecule has 0 bridgehead atoms. The predicted molar refractivity (Wildman–Crippen MR) is 86.7 cm³/mol. The van der Waals surface area contributed by atoms with Gasteiger partial charge >= 0.3 is 0 Å². The molecule has 1 aromatic heterocycles. The summed E-state index contributed by atoms with van der Waals surface area (Å²) in [6, 6.07) is 10.6. The maximum absolute atomic E-state index is 13.8. The van der Waals surface area contributed by atoms with Crippen LogP contribution in [-0.2, 0) is 7.05 Å². The number of benzene rings is 2. The smallest absolute Gasteiger partial charge is 0.178 e. The summed E-state index contributed by atoms with van der Waals surface area (Å²) in [6.07, 6.45) is 0. The number of nitrogens with zero attached hydrogens (tertiary/aromatic N) is 2. The van der Waals surface area contributed by atoms with E-state index in [1.54, 1.807) is 6.92 Å². The number of rotatable bonds is 4. The number of imidazole rings is 1. The third kappa shape index (κ3) is 2.99. The second kappa shape index (κ2) is 6.12. The van der Waals surface area contributed by atoms with E-state index in [2.05, 4.69) is 4.98 Å². The first-order valence-electron chi connectivity index (χ1n) is 7.04. The van der Waals surface area contributed by atoms with E-state index < -0.39 is 16.9 Å². The highest BCUT2D eigenvalue weighted by atomic mass is 32.2. The second-order valence-electron chi connectivity index (χ2n) is 5.19. The normalized spacial score (nSPS) is 12.5. The van der Waals surface area contributed by atoms with E-state index in [1.165, 1.54) is 17.8 Å². The molecular formula is C17H14F2N2OS. The number of ketones is 1. The molecule has 0 saturated carbocycles. The van der Waals surface area contributed by atoms with Crippen molar-refractivity contribution in [3.05, 3.63) is 59.7 Å². The van der Waals surface area contributed by atoms with Crippen LogP contribution in [0.2, 0.25) is 0 Å². The summed E-state index contributed by atoms with van der Waals surface area (Å²) in [5, 5.41) is 0.139. The van der Waals surface area contributed by atoms with Crippen LogP contribution in [0.15, 0.2) is 47.6 Å². The van der Waals surface area contributed by atoms with E-state index in [0.717, 1.165) is 23.2 Å². The standard InChI is InChI=1S/C17H14F2N2OS/c1-10(16(22)12-8-7-11(18)9-13(12)19)23-17-20-14-5-3-4-6-15(14)21(17)2/h3-10H,1-2H3. The molecule has 0 N–H and O–H groups in total. The van der Waals surface area contributed by atoms with Gasteiger partial charge in [0.2, 0.25) is 0 Å². The summed E-state index contributed by atoms with van der Waals surface area (Å²) < 4.78 is 28.6. The Hall–Kier alpha value is -2.21. The maximum Gasteiger partial charge on any atom is 0.178 e. The van der Waals surface area contributed by atoms with Crippen molar-refractivity contribution in [2.45, 2.75) is 17.3 Å². The molecule has 2 aromatic carbocycles. The summed E-state index contributed by atoms with van der Waals surface area (Å²) in [5.41, 5.74) is 1.69. The first kappa shape index (κ1) is 15.7. The molecule has 3 rings (SSSR count). The lowest BCUT2D eigenvalue weighted by atomic mass is 10.1. The Balaban J connectivity index is 1.86. The van der Waals surface area contributed by atoms with Crippen molar-refractivity contribution in [1.29, 1.82) is 0 Å². The minimum Gasteiger partial charge on any atom is -0.322 e. The molecule has 0 aliphatic heterocycles. The average molecular weight is 332 g/mol. The number of fused-ring (bicyclic) bond motifs is 1. The molecule has 1 heterocycles. The average Bonchev–Trinajstić information content (AvgIpc) is 2.83. The molecule has 1 atom stereocenters. The van der Waals surface area contributed by atoms with E-state index >= 15 is 0 Å². The third-order valence-electron chi connectivity index (χ3n) is 3.59. The van der Waals surface area contributed by atoms with Gasteiger partial charge in [-0.3, -0.25) is 4.79 Å². The number of Topliss-reactive ketones (excluding diaryl/α,β-unsaturated/α-hetero) is 1. The topological polar surface area (TPSA) is 34.9 Å². The van der Waals surface area contributed by atoms with Crippen molar-refractivity contribution in [3.63, 3.8) is 0 Å². The van der Waals surface area contributed by atoms with Crippen LogP contribution >= 0.6 is 11.8 Å². The Kier molecular flexibility index (Phi) is 4.17. The Morgan fingerprint density at radius 1 is 1.22 bits per heavy atom. The molecular weight excluding hydrogens is 318 g/mol. The Bertz CT molecular complexity index is 891. The molecule has 0 saturated heterocycles. The molecule has 118 valence electrons. The molecule has 0 amide bonds. The monoisotopic (exact) mass is 332 g/mol.